The highest BCUT2D eigenvalue weighted by molar-refractivity contribution is 5.94. The van der Waals surface area contributed by atoms with Gasteiger partial charge in [-0.25, -0.2) is 4.39 Å². The highest BCUT2D eigenvalue weighted by Gasteiger charge is 2.47. The lowest BCUT2D eigenvalue weighted by atomic mass is 10.1. The van der Waals surface area contributed by atoms with E-state index in [2.05, 4.69) is 5.32 Å². The number of aliphatic hydroxyl groups excluding tert-OH is 1. The Morgan fingerprint density at radius 2 is 2.05 bits per heavy atom. The molecule has 7 heteroatoms. The van der Waals surface area contributed by atoms with E-state index in [9.17, 15) is 19.4 Å². The lowest BCUT2D eigenvalue weighted by molar-refractivity contribution is 0.0178. The molecule has 0 aromatic heterocycles. The number of phenols is 1. The molecule has 108 valence electrons. The van der Waals surface area contributed by atoms with Crippen LogP contribution in [0, 0.1) is 5.82 Å². The first-order valence-electron chi connectivity index (χ1n) is 6.27. The summed E-state index contributed by atoms with van der Waals surface area (Å²) in [6.45, 7) is 0.421. The van der Waals surface area contributed by atoms with Crippen LogP contribution >= 0.6 is 0 Å². The minimum atomic E-state index is -0.784. The minimum Gasteiger partial charge on any atom is -0.505 e. The number of rotatable bonds is 2. The second kappa shape index (κ2) is 5.01. The average molecular weight is 283 g/mol. The summed E-state index contributed by atoms with van der Waals surface area (Å²) in [5, 5.41) is 21.6. The fraction of sp³-hybridized carbons (Fsp3) is 0.462. The molecule has 1 aromatic rings. The van der Waals surface area contributed by atoms with Crippen LogP contribution in [0.4, 0.5) is 4.39 Å². The van der Waals surface area contributed by atoms with Crippen LogP contribution in [0.3, 0.4) is 0 Å². The van der Waals surface area contributed by atoms with Crippen LogP contribution in [0.15, 0.2) is 18.2 Å². The lowest BCUT2D eigenvalue weighted by Gasteiger charge is -2.17. The van der Waals surface area contributed by atoms with E-state index in [1.165, 1.54) is 6.07 Å². The summed E-state index contributed by atoms with van der Waals surface area (Å²) in [5.74, 6) is -1.82. The van der Waals surface area contributed by atoms with Gasteiger partial charge in [0.15, 0.2) is 11.6 Å². The fourth-order valence-corrected chi connectivity index (χ4v) is 2.51. The number of aliphatic hydroxyl groups is 1. The monoisotopic (exact) mass is 283 g/mol. The maximum absolute atomic E-state index is 12.9. The second-order valence-electron chi connectivity index (χ2n) is 4.91. The topological polar surface area (TPSA) is 88.0 Å². The molecule has 3 N–H and O–H groups in total. The maximum Gasteiger partial charge on any atom is 0.251 e. The van der Waals surface area contributed by atoms with E-state index in [-0.39, 0.29) is 30.9 Å². The van der Waals surface area contributed by atoms with Crippen LogP contribution in [-0.2, 0) is 9.47 Å². The number of hydrogen-bond acceptors (Lipinski definition) is 5. The van der Waals surface area contributed by atoms with Crippen molar-refractivity contribution < 1.29 is 28.9 Å². The van der Waals surface area contributed by atoms with Crippen LogP contribution in [0.2, 0.25) is 0 Å². The number of hydrogen-bond donors (Lipinski definition) is 3. The van der Waals surface area contributed by atoms with E-state index in [0.29, 0.717) is 0 Å². The van der Waals surface area contributed by atoms with E-state index >= 15 is 0 Å². The zero-order chi connectivity index (χ0) is 14.3. The van der Waals surface area contributed by atoms with E-state index in [1.807, 2.05) is 0 Å². The zero-order valence-electron chi connectivity index (χ0n) is 10.5. The van der Waals surface area contributed by atoms with Gasteiger partial charge in [0.05, 0.1) is 19.3 Å². The van der Waals surface area contributed by atoms with Gasteiger partial charge in [0.2, 0.25) is 0 Å². The lowest BCUT2D eigenvalue weighted by Crippen LogP contribution is -2.44. The van der Waals surface area contributed by atoms with Crippen molar-refractivity contribution in [3.63, 3.8) is 0 Å². The van der Waals surface area contributed by atoms with E-state index in [0.717, 1.165) is 12.1 Å². The smallest absolute Gasteiger partial charge is 0.251 e. The molecule has 0 bridgehead atoms. The summed E-state index contributed by atoms with van der Waals surface area (Å²) in [7, 11) is 0. The fourth-order valence-electron chi connectivity index (χ4n) is 2.51. The van der Waals surface area contributed by atoms with Gasteiger partial charge < -0.3 is 25.0 Å². The molecular formula is C13H14FNO5. The predicted molar refractivity (Wildman–Crippen MR) is 64.8 cm³/mol. The molecule has 2 aliphatic rings. The molecule has 1 amide bonds. The zero-order valence-corrected chi connectivity index (χ0v) is 10.5. The Kier molecular flexibility index (Phi) is 3.33. The van der Waals surface area contributed by atoms with Gasteiger partial charge in [-0.1, -0.05) is 0 Å². The van der Waals surface area contributed by atoms with Gasteiger partial charge in [-0.15, -0.1) is 0 Å². The van der Waals surface area contributed by atoms with Crippen molar-refractivity contribution in [2.24, 2.45) is 0 Å². The Labute approximate surface area is 114 Å². The van der Waals surface area contributed by atoms with E-state index in [1.54, 1.807) is 0 Å². The van der Waals surface area contributed by atoms with Crippen LogP contribution in [-0.4, -0.2) is 53.7 Å². The number of fused-ring (bicyclic) bond motifs is 1. The minimum absolute atomic E-state index is 0.144. The number of aromatic hydroxyl groups is 1. The van der Waals surface area contributed by atoms with Crippen molar-refractivity contribution in [1.29, 1.82) is 0 Å². The van der Waals surface area contributed by atoms with Crippen LogP contribution in [0.5, 0.6) is 5.75 Å². The van der Waals surface area contributed by atoms with Crippen molar-refractivity contribution in [3.8, 4) is 5.75 Å². The predicted octanol–water partition coefficient (Wildman–Crippen LogP) is -0.212. The Hall–Kier alpha value is -1.70. The molecule has 0 spiro atoms. The third kappa shape index (κ3) is 2.24. The quantitative estimate of drug-likeness (QED) is 0.699. The molecule has 0 aliphatic carbocycles. The highest BCUT2D eigenvalue weighted by atomic mass is 19.1. The summed E-state index contributed by atoms with van der Waals surface area (Å²) >= 11 is 0. The second-order valence-corrected chi connectivity index (χ2v) is 4.91. The normalized spacial score (nSPS) is 32.1. The van der Waals surface area contributed by atoms with E-state index < -0.39 is 29.7 Å². The van der Waals surface area contributed by atoms with Crippen LogP contribution in [0.1, 0.15) is 10.4 Å². The van der Waals surface area contributed by atoms with Gasteiger partial charge in [0.1, 0.15) is 18.3 Å². The number of phenolic OH excluding ortho intramolecular Hbond substituents is 1. The molecule has 20 heavy (non-hydrogen) atoms. The molecule has 3 rings (SSSR count). The van der Waals surface area contributed by atoms with Gasteiger partial charge in [-0.3, -0.25) is 4.79 Å². The summed E-state index contributed by atoms with van der Waals surface area (Å²) in [6, 6.07) is 2.98. The van der Waals surface area contributed by atoms with Crippen molar-refractivity contribution in [3.05, 3.63) is 29.6 Å². The molecule has 2 heterocycles. The number of amides is 1. The third-order valence-corrected chi connectivity index (χ3v) is 3.55. The Morgan fingerprint density at radius 3 is 2.80 bits per heavy atom. The molecule has 0 radical (unpaired) electrons. The Balaban J connectivity index is 1.69. The Morgan fingerprint density at radius 1 is 1.30 bits per heavy atom. The molecule has 2 fully saturated rings. The molecule has 0 saturated carbocycles. The summed E-state index contributed by atoms with van der Waals surface area (Å²) in [4.78, 5) is 12.0. The SMILES string of the molecule is O=C(N[C@@H]1CO[C@H]2[C@@H]1OC[C@H]2O)c1ccc(F)c(O)c1. The largest absolute Gasteiger partial charge is 0.505 e. The van der Waals surface area contributed by atoms with Crippen molar-refractivity contribution in [2.45, 2.75) is 24.4 Å². The van der Waals surface area contributed by atoms with Crippen molar-refractivity contribution >= 4 is 5.91 Å². The first-order valence-corrected chi connectivity index (χ1v) is 6.27. The van der Waals surface area contributed by atoms with Gasteiger partial charge in [-0.05, 0) is 18.2 Å². The molecule has 0 unspecified atom stereocenters. The Bertz CT molecular complexity index is 537. The number of halogens is 1. The number of benzene rings is 1. The van der Waals surface area contributed by atoms with Gasteiger partial charge >= 0.3 is 0 Å². The summed E-state index contributed by atoms with van der Waals surface area (Å²) in [5.41, 5.74) is 0.144. The first-order chi connectivity index (χ1) is 9.56. The number of carbonyl (C=O) groups is 1. The summed E-state index contributed by atoms with van der Waals surface area (Å²) in [6.07, 6.45) is -1.50. The van der Waals surface area contributed by atoms with Crippen LogP contribution < -0.4 is 5.32 Å². The maximum atomic E-state index is 12.9. The summed E-state index contributed by atoms with van der Waals surface area (Å²) < 4.78 is 23.7. The number of ether oxygens (including phenoxy) is 2. The molecule has 2 aliphatic heterocycles. The molecule has 4 atom stereocenters. The molecule has 6 nitrogen and oxygen atoms in total. The van der Waals surface area contributed by atoms with Gasteiger partial charge in [0.25, 0.3) is 5.91 Å². The average Bonchev–Trinajstić information content (AvgIpc) is 2.97. The van der Waals surface area contributed by atoms with Gasteiger partial charge in [-0.2, -0.15) is 0 Å². The van der Waals surface area contributed by atoms with Crippen molar-refractivity contribution in [2.75, 3.05) is 13.2 Å². The highest BCUT2D eigenvalue weighted by Crippen LogP contribution is 2.27. The van der Waals surface area contributed by atoms with Gasteiger partial charge in [0, 0.05) is 5.56 Å². The molecule has 2 saturated heterocycles. The van der Waals surface area contributed by atoms with Crippen molar-refractivity contribution in [1.82, 2.24) is 5.32 Å². The standard InChI is InChI=1S/C13H14FNO5/c14-7-2-1-6(3-9(7)16)13(18)15-8-4-19-12-10(17)5-20-11(8)12/h1-3,8,10-12,16-17H,4-5H2,(H,15,18)/t8-,10-,11-,12-/m1/s1. The molecule has 1 aromatic carbocycles. The number of carbonyl (C=O) groups excluding carboxylic acids is 1. The number of nitrogens with one attached hydrogen (secondary N) is 1. The first kappa shape index (κ1) is 13.3. The van der Waals surface area contributed by atoms with E-state index in [4.69, 9.17) is 9.47 Å². The molecular weight excluding hydrogens is 269 g/mol. The van der Waals surface area contributed by atoms with Crippen LogP contribution in [0.25, 0.3) is 0 Å². The third-order valence-electron chi connectivity index (χ3n) is 3.55.